The van der Waals surface area contributed by atoms with Crippen molar-refractivity contribution in [2.45, 2.75) is 39.4 Å². The van der Waals surface area contributed by atoms with Gasteiger partial charge < -0.3 is 59.4 Å². The van der Waals surface area contributed by atoms with Gasteiger partial charge in [-0.25, -0.2) is 61.5 Å². The van der Waals surface area contributed by atoms with Crippen LogP contribution in [0.4, 0.5) is 0 Å². The Kier molecular flexibility index (Phi) is 28.3. The Bertz CT molecular complexity index is 6500. The van der Waals surface area contributed by atoms with Gasteiger partial charge in [-0.3, -0.25) is 9.55 Å². The molecule has 20 heterocycles. The summed E-state index contributed by atoms with van der Waals surface area (Å²) in [5.41, 5.74) is 26.4. The molecule has 0 fully saturated rings. The fraction of sp³-hybridized carbons (Fsp3) is 0.0870. The van der Waals surface area contributed by atoms with E-state index in [-0.39, 0.29) is 137 Å². The van der Waals surface area contributed by atoms with Crippen molar-refractivity contribution < 1.29 is 114 Å². The molecule has 25 rings (SSSR count). The molecule has 0 bridgehead atoms. The number of hydrogen-bond acceptors (Lipinski definition) is 4. The van der Waals surface area contributed by atoms with E-state index in [4.69, 9.17) is 0 Å². The molecule has 2 N–H and O–H groups in total. The Morgan fingerprint density at radius 1 is 0.386 bits per heavy atom. The number of hydrogen-bond donors (Lipinski definition) is 2. The van der Waals surface area contributed by atoms with Crippen molar-refractivity contribution in [2.24, 2.45) is 14.1 Å². The Hall–Kier alpha value is -11.0. The average molecular weight is 1710 g/mol. The minimum absolute atomic E-state index is 0. The van der Waals surface area contributed by atoms with Crippen LogP contribution in [0.2, 0.25) is 0 Å². The van der Waals surface area contributed by atoms with Crippen molar-refractivity contribution in [2.75, 3.05) is 0 Å². The van der Waals surface area contributed by atoms with Gasteiger partial charge in [-0.15, -0.1) is 0 Å². The molecule has 0 saturated heterocycles. The summed E-state index contributed by atoms with van der Waals surface area (Å²) < 4.78 is 27.2. The predicted molar refractivity (Wildman–Crippen MR) is 438 cm³/mol. The van der Waals surface area contributed by atoms with Gasteiger partial charge in [-0.1, -0.05) is 103 Å². The molecule has 6 aliphatic heterocycles. The molecule has 6 aliphatic rings. The predicted octanol–water partition coefficient (Wildman–Crippen LogP) is 14.1. The molecule has 114 heavy (non-hydrogen) atoms. The molecule has 0 spiro atoms. The third kappa shape index (κ3) is 14.7. The number of aromatic amines is 2. The number of nitrogens with one attached hydrogen (secondary N) is 2. The molecule has 0 aliphatic carbocycles. The average Bonchev–Trinajstić information content (AvgIpc) is 1.53. The Morgan fingerprint density at radius 3 is 1.64 bits per heavy atom. The largest absolute Gasteiger partial charge is 2.00 e. The smallest absolute Gasteiger partial charge is 0.358 e. The van der Waals surface area contributed by atoms with Gasteiger partial charge in [-0.2, -0.15) is 13.4 Å². The molecule has 0 amide bonds. The van der Waals surface area contributed by atoms with Crippen molar-refractivity contribution >= 4 is 65.9 Å². The summed E-state index contributed by atoms with van der Waals surface area (Å²) in [6.07, 6.45) is 30.5. The molecule has 550 valence electrons. The third-order valence-corrected chi connectivity index (χ3v) is 20.7. The standard InChI is InChI=1S/C20H15N3.C16H13N3.C15H12N3.C15H11N3.C9H7N3.C9H8N3.8CH3.4Zn/c1-21-11-10-13-12-22-16-8-4-5-9-17(16)23-15-7-3-2-6-14(15)19(21)18(13)20(22)23;1-17-7-6-11-10-18-8-9-19-13-5-3-2-4-12(13)15(17)14(11)16(18)19;1-2-6-13(7-3-1)17-10-14-15-12(5-4-8-16-15)9-18(14)11-17;1-2-5-11(6-3-1)13-9-17-15-14-12(10-18(13)15)7-4-8-16-14;1-2-7-6-12-5-4-11-9(12)8(7)10-3-1;1-2-5-11-7-12-6-4-10-9(12)8(11)3-1;;;;;;;;;;;;/h2-11H,12H2,1H3;2-9H,10H2,1H3;1-8,10-11H,9H2;1-9H,10H2;1-5H,6H2;1-6H,7H2;8*1H3;;;;/q2*+2;+1;;;+1;8*-1;4*+2/p+2. The van der Waals surface area contributed by atoms with E-state index in [1.54, 1.807) is 0 Å². The second kappa shape index (κ2) is 36.4. The van der Waals surface area contributed by atoms with Crippen LogP contribution in [-0.2, 0) is 131 Å². The van der Waals surface area contributed by atoms with Gasteiger partial charge in [0.15, 0.2) is 52.4 Å². The van der Waals surface area contributed by atoms with E-state index in [0.717, 1.165) is 73.9 Å². The van der Waals surface area contributed by atoms with Crippen LogP contribution in [0.5, 0.6) is 0 Å². The number of para-hydroxylation sites is 5. The van der Waals surface area contributed by atoms with Crippen LogP contribution in [0.3, 0.4) is 0 Å². The molecule has 22 heteroatoms. The first-order chi connectivity index (χ1) is 50.4. The molecule has 18 nitrogen and oxygen atoms in total. The van der Waals surface area contributed by atoms with Crippen LogP contribution < -0.4 is 36.5 Å². The maximum atomic E-state index is 4.47. The van der Waals surface area contributed by atoms with Gasteiger partial charge in [0, 0.05) is 88.6 Å². The molecule has 0 saturated carbocycles. The van der Waals surface area contributed by atoms with Crippen molar-refractivity contribution in [1.82, 2.24) is 47.8 Å². The fourth-order valence-corrected chi connectivity index (χ4v) is 16.1. The van der Waals surface area contributed by atoms with Gasteiger partial charge in [0.05, 0.1) is 10.8 Å². The van der Waals surface area contributed by atoms with Crippen molar-refractivity contribution in [3.05, 3.63) is 381 Å². The van der Waals surface area contributed by atoms with Gasteiger partial charge in [-0.05, 0) is 72.8 Å². The zero-order valence-corrected chi connectivity index (χ0v) is 78.8. The summed E-state index contributed by atoms with van der Waals surface area (Å²) in [6, 6.07) is 69.9. The number of aromatic nitrogens is 18. The third-order valence-electron chi connectivity index (χ3n) is 20.7. The van der Waals surface area contributed by atoms with Crippen molar-refractivity contribution in [1.29, 1.82) is 0 Å². The number of pyridine rings is 8. The zero-order valence-electron chi connectivity index (χ0n) is 66.9. The summed E-state index contributed by atoms with van der Waals surface area (Å²) >= 11 is 0. The number of benzene rings is 5. The van der Waals surface area contributed by atoms with Crippen LogP contribution in [0.15, 0.2) is 293 Å². The van der Waals surface area contributed by atoms with Crippen LogP contribution in [0.1, 0.15) is 27.8 Å². The van der Waals surface area contributed by atoms with Crippen LogP contribution in [0.25, 0.3) is 129 Å². The quantitative estimate of drug-likeness (QED) is 0.0772. The second-order valence-corrected chi connectivity index (χ2v) is 26.6. The normalized spacial score (nSPS) is 11.4. The van der Waals surface area contributed by atoms with E-state index >= 15 is 0 Å². The second-order valence-electron chi connectivity index (χ2n) is 26.6. The summed E-state index contributed by atoms with van der Waals surface area (Å²) in [6.45, 7) is 5.59. The maximum absolute atomic E-state index is 4.47. The topological polar surface area (TPSA) is 133 Å². The SMILES string of the molecule is C[n+]1ccc2c3c1c1ccccc1n1c4ccccc4[n+](c31)C2.C[n+]1ccc2c3c1c1ccccc1n1cc[n+](c31)C2.[CH3-].[CH3-].[CH3-].[CH3-].[CH3-].[CH3-].[CH3-].[CH3-].[Zn+2].[Zn+2].[Zn+2].[Zn+2].c1cc[n+]2c(c1)-c1nccn1C2.c1ccc(-c2c[nH]c3[n+]2Cc2cccnc2-3)cc1.c1ccc(-n2cc3[n+](c2)Cc2cccnc2-3)cc1.c1cnc2c(c1)C[n+]1cc[nH]c1-2. The summed E-state index contributed by atoms with van der Waals surface area (Å²) in [4.78, 5) is 24.0. The van der Waals surface area contributed by atoms with Crippen molar-refractivity contribution in [3.8, 4) is 62.9 Å². The fourth-order valence-electron chi connectivity index (χ4n) is 16.1. The van der Waals surface area contributed by atoms with Crippen molar-refractivity contribution in [3.63, 3.8) is 0 Å². The number of imidazole rings is 6. The Morgan fingerprint density at radius 2 is 0.939 bits per heavy atom. The van der Waals surface area contributed by atoms with Crippen LogP contribution >= 0.6 is 0 Å². The van der Waals surface area contributed by atoms with Gasteiger partial charge in [0.25, 0.3) is 0 Å². The van der Waals surface area contributed by atoms with Gasteiger partial charge in [0.2, 0.25) is 35.5 Å². The first-order valence-electron chi connectivity index (χ1n) is 34.5. The van der Waals surface area contributed by atoms with Gasteiger partial charge >= 0.3 is 101 Å². The molecular formula is C92H92N18Zn4+8. The van der Waals surface area contributed by atoms with E-state index < -0.39 is 0 Å². The van der Waals surface area contributed by atoms with Gasteiger partial charge in [0.1, 0.15) is 117 Å². The number of rotatable bonds is 2. The summed E-state index contributed by atoms with van der Waals surface area (Å²) in [5.74, 6) is 3.28. The van der Waals surface area contributed by atoms with E-state index in [1.807, 2.05) is 85.8 Å². The summed E-state index contributed by atoms with van der Waals surface area (Å²) in [5, 5.41) is 5.42. The van der Waals surface area contributed by atoms with E-state index in [0.29, 0.717) is 0 Å². The molecular weight excluding hydrogens is 1620 g/mol. The zero-order chi connectivity index (χ0) is 67.5. The number of nitrogens with zero attached hydrogens (tertiary/aromatic N) is 16. The molecule has 5 aromatic carbocycles. The number of aryl methyl sites for hydroxylation is 2. The van der Waals surface area contributed by atoms with Crippen LogP contribution in [0, 0.1) is 59.4 Å². The van der Waals surface area contributed by atoms with E-state index in [2.05, 4.69) is 306 Å². The number of H-pyrrole nitrogens is 2. The molecule has 0 atom stereocenters. The van der Waals surface area contributed by atoms with E-state index in [1.165, 1.54) is 122 Å². The molecule has 0 unspecified atom stereocenters. The first kappa shape index (κ1) is 88.6. The summed E-state index contributed by atoms with van der Waals surface area (Å²) in [7, 11) is 4.28. The molecule has 0 radical (unpaired) electrons. The Labute approximate surface area is 719 Å². The number of fused-ring (bicyclic) bond motifs is 21. The molecule has 14 aromatic heterocycles. The monoisotopic (exact) mass is 1700 g/mol. The minimum atomic E-state index is 0. The maximum Gasteiger partial charge on any atom is 2.00 e. The Balaban J connectivity index is 0.000000170. The minimum Gasteiger partial charge on any atom is -0.358 e. The van der Waals surface area contributed by atoms with E-state index in [9.17, 15) is 0 Å². The molecule has 19 aromatic rings. The first-order valence-corrected chi connectivity index (χ1v) is 34.5. The van der Waals surface area contributed by atoms with Crippen LogP contribution in [-0.4, -0.2) is 47.8 Å².